The Labute approximate surface area is 145 Å². The monoisotopic (exact) mass is 394 g/mol. The number of carbonyl (C=O) groups excluding carboxylic acids is 1. The molecular formula is C15H12BrClN4O2. The van der Waals surface area contributed by atoms with Crippen LogP contribution >= 0.6 is 27.5 Å². The van der Waals surface area contributed by atoms with Crippen LogP contribution in [0.25, 0.3) is 16.6 Å². The van der Waals surface area contributed by atoms with Crippen LogP contribution in [0.5, 0.6) is 0 Å². The van der Waals surface area contributed by atoms with Crippen LogP contribution in [-0.4, -0.2) is 34.9 Å². The lowest BCUT2D eigenvalue weighted by Crippen LogP contribution is -2.05. The zero-order valence-corrected chi connectivity index (χ0v) is 14.6. The molecule has 0 saturated carbocycles. The number of hydrogen-bond donors (Lipinski definition) is 1. The van der Waals surface area contributed by atoms with Crippen LogP contribution in [0.4, 0.5) is 5.82 Å². The first-order chi connectivity index (χ1) is 11.0. The molecule has 0 saturated heterocycles. The number of rotatable bonds is 3. The van der Waals surface area contributed by atoms with Crippen LogP contribution in [0.2, 0.25) is 5.15 Å². The van der Waals surface area contributed by atoms with E-state index in [4.69, 9.17) is 16.3 Å². The number of halogens is 2. The molecular weight excluding hydrogens is 384 g/mol. The summed E-state index contributed by atoms with van der Waals surface area (Å²) in [5, 5.41) is 8.20. The molecule has 0 unspecified atom stereocenters. The molecule has 3 rings (SSSR count). The molecule has 0 spiro atoms. The summed E-state index contributed by atoms with van der Waals surface area (Å²) in [4.78, 5) is 16.3. The molecule has 2 heterocycles. The highest BCUT2D eigenvalue weighted by Crippen LogP contribution is 2.30. The zero-order valence-electron chi connectivity index (χ0n) is 12.3. The van der Waals surface area contributed by atoms with Gasteiger partial charge in [0.1, 0.15) is 11.0 Å². The molecule has 6 nitrogen and oxygen atoms in total. The molecule has 118 valence electrons. The van der Waals surface area contributed by atoms with E-state index in [-0.39, 0.29) is 5.69 Å². The van der Waals surface area contributed by atoms with Crippen molar-refractivity contribution in [2.24, 2.45) is 0 Å². The molecule has 1 aromatic carbocycles. The second-order valence-electron chi connectivity index (χ2n) is 4.67. The van der Waals surface area contributed by atoms with Gasteiger partial charge in [0.15, 0.2) is 5.69 Å². The SMILES string of the molecule is CNc1nc(Cl)cc2c1c(C(=O)OC)nn2-c1cccc(Br)c1. The summed E-state index contributed by atoms with van der Waals surface area (Å²) in [7, 11) is 3.02. The highest BCUT2D eigenvalue weighted by atomic mass is 79.9. The quantitative estimate of drug-likeness (QED) is 0.541. The number of esters is 1. The van der Waals surface area contributed by atoms with Crippen LogP contribution in [0, 0.1) is 0 Å². The predicted octanol–water partition coefficient (Wildman–Crippen LogP) is 3.66. The predicted molar refractivity (Wildman–Crippen MR) is 92.5 cm³/mol. The third-order valence-electron chi connectivity index (χ3n) is 3.30. The fourth-order valence-corrected chi connectivity index (χ4v) is 2.91. The normalized spacial score (nSPS) is 10.8. The Bertz CT molecular complexity index is 910. The van der Waals surface area contributed by atoms with E-state index in [1.807, 2.05) is 24.3 Å². The fourth-order valence-electron chi connectivity index (χ4n) is 2.33. The number of benzene rings is 1. The summed E-state index contributed by atoms with van der Waals surface area (Å²) >= 11 is 9.53. The van der Waals surface area contributed by atoms with E-state index in [1.54, 1.807) is 17.8 Å². The number of carbonyl (C=O) groups is 1. The van der Waals surface area contributed by atoms with Crippen LogP contribution in [0.1, 0.15) is 10.5 Å². The Balaban J connectivity index is 2.39. The van der Waals surface area contributed by atoms with Gasteiger partial charge in [0.25, 0.3) is 0 Å². The molecule has 0 radical (unpaired) electrons. The summed E-state index contributed by atoms with van der Waals surface area (Å²) in [6.07, 6.45) is 0. The first kappa shape index (κ1) is 15.8. The van der Waals surface area contributed by atoms with Crippen LogP contribution in [0.3, 0.4) is 0 Å². The molecule has 0 bridgehead atoms. The van der Waals surface area contributed by atoms with E-state index in [0.29, 0.717) is 21.9 Å². The van der Waals surface area contributed by atoms with Crippen molar-refractivity contribution in [3.63, 3.8) is 0 Å². The number of nitrogens with zero attached hydrogens (tertiary/aromatic N) is 3. The number of pyridine rings is 1. The van der Waals surface area contributed by atoms with Crippen molar-refractivity contribution in [2.75, 3.05) is 19.5 Å². The second kappa shape index (κ2) is 6.17. The number of aromatic nitrogens is 3. The molecule has 0 aliphatic rings. The molecule has 0 aliphatic heterocycles. The van der Waals surface area contributed by atoms with E-state index in [2.05, 4.69) is 31.3 Å². The van der Waals surface area contributed by atoms with E-state index >= 15 is 0 Å². The first-order valence-corrected chi connectivity index (χ1v) is 7.83. The number of fused-ring (bicyclic) bond motifs is 1. The van der Waals surface area contributed by atoms with Gasteiger partial charge in [-0.25, -0.2) is 14.5 Å². The highest BCUT2D eigenvalue weighted by Gasteiger charge is 2.22. The molecule has 0 aliphatic carbocycles. The first-order valence-electron chi connectivity index (χ1n) is 6.66. The third-order valence-corrected chi connectivity index (χ3v) is 3.99. The van der Waals surface area contributed by atoms with E-state index < -0.39 is 5.97 Å². The number of methoxy groups -OCH3 is 1. The van der Waals surface area contributed by atoms with Crippen molar-refractivity contribution in [1.82, 2.24) is 14.8 Å². The maximum absolute atomic E-state index is 12.1. The van der Waals surface area contributed by atoms with E-state index in [9.17, 15) is 4.79 Å². The summed E-state index contributed by atoms with van der Waals surface area (Å²) in [5.41, 5.74) is 1.62. The van der Waals surface area contributed by atoms with Gasteiger partial charge in [-0.05, 0) is 18.2 Å². The lowest BCUT2D eigenvalue weighted by atomic mass is 10.2. The van der Waals surface area contributed by atoms with Gasteiger partial charge in [-0.2, -0.15) is 5.10 Å². The third kappa shape index (κ3) is 2.77. The summed E-state index contributed by atoms with van der Waals surface area (Å²) in [6, 6.07) is 9.22. The van der Waals surface area contributed by atoms with Crippen molar-refractivity contribution in [1.29, 1.82) is 0 Å². The minimum absolute atomic E-state index is 0.177. The van der Waals surface area contributed by atoms with Crippen molar-refractivity contribution in [3.8, 4) is 5.69 Å². The molecule has 3 aromatic rings. The lowest BCUT2D eigenvalue weighted by Gasteiger charge is -2.06. The Hall–Kier alpha value is -2.12. The summed E-state index contributed by atoms with van der Waals surface area (Å²) in [5.74, 6) is -0.0708. The van der Waals surface area contributed by atoms with E-state index in [0.717, 1.165) is 10.2 Å². The average molecular weight is 396 g/mol. The van der Waals surface area contributed by atoms with Crippen molar-refractivity contribution < 1.29 is 9.53 Å². The molecule has 0 fully saturated rings. The molecule has 1 N–H and O–H groups in total. The van der Waals surface area contributed by atoms with Gasteiger partial charge in [0.2, 0.25) is 0 Å². The Morgan fingerprint density at radius 3 is 2.83 bits per heavy atom. The van der Waals surface area contributed by atoms with Crippen molar-refractivity contribution in [3.05, 3.63) is 45.7 Å². The van der Waals surface area contributed by atoms with Crippen molar-refractivity contribution in [2.45, 2.75) is 0 Å². The highest BCUT2D eigenvalue weighted by molar-refractivity contribution is 9.10. The lowest BCUT2D eigenvalue weighted by molar-refractivity contribution is 0.0595. The molecule has 0 atom stereocenters. The second-order valence-corrected chi connectivity index (χ2v) is 5.97. The number of hydrogen-bond acceptors (Lipinski definition) is 5. The smallest absolute Gasteiger partial charge is 0.359 e. The topological polar surface area (TPSA) is 69.0 Å². The fraction of sp³-hybridized carbons (Fsp3) is 0.133. The van der Waals surface area contributed by atoms with Gasteiger partial charge in [0, 0.05) is 17.6 Å². The van der Waals surface area contributed by atoms with Gasteiger partial charge in [-0.3, -0.25) is 0 Å². The number of anilines is 1. The largest absolute Gasteiger partial charge is 0.464 e. The molecule has 2 aromatic heterocycles. The van der Waals surface area contributed by atoms with Crippen LogP contribution < -0.4 is 5.32 Å². The van der Waals surface area contributed by atoms with Gasteiger partial charge in [0.05, 0.1) is 23.7 Å². The maximum Gasteiger partial charge on any atom is 0.359 e. The summed E-state index contributed by atoms with van der Waals surface area (Å²) in [6.45, 7) is 0. The van der Waals surface area contributed by atoms with Crippen molar-refractivity contribution >= 4 is 50.2 Å². The minimum atomic E-state index is -0.538. The number of ether oxygens (including phenoxy) is 1. The standard InChI is InChI=1S/C15H12BrClN4O2/c1-18-14-12-10(7-11(17)19-14)21(20-13(12)15(22)23-2)9-5-3-4-8(16)6-9/h3-7H,1-2H3,(H,18,19). The van der Waals surface area contributed by atoms with Crippen LogP contribution in [0.15, 0.2) is 34.8 Å². The van der Waals surface area contributed by atoms with Crippen LogP contribution in [-0.2, 0) is 4.74 Å². The Morgan fingerprint density at radius 2 is 2.17 bits per heavy atom. The van der Waals surface area contributed by atoms with E-state index in [1.165, 1.54) is 7.11 Å². The zero-order chi connectivity index (χ0) is 16.6. The van der Waals surface area contributed by atoms with Gasteiger partial charge in [-0.1, -0.05) is 33.6 Å². The minimum Gasteiger partial charge on any atom is -0.464 e. The van der Waals surface area contributed by atoms with Gasteiger partial charge < -0.3 is 10.1 Å². The average Bonchev–Trinajstić information content (AvgIpc) is 2.92. The Morgan fingerprint density at radius 1 is 1.39 bits per heavy atom. The van der Waals surface area contributed by atoms with Gasteiger partial charge in [-0.15, -0.1) is 0 Å². The number of nitrogens with one attached hydrogen (secondary N) is 1. The molecule has 0 amide bonds. The molecule has 23 heavy (non-hydrogen) atoms. The summed E-state index contributed by atoms with van der Waals surface area (Å²) < 4.78 is 7.37. The molecule has 8 heteroatoms. The Kier molecular flexibility index (Phi) is 4.23. The van der Waals surface area contributed by atoms with Gasteiger partial charge >= 0.3 is 5.97 Å². The maximum atomic E-state index is 12.1.